The predicted octanol–water partition coefficient (Wildman–Crippen LogP) is 1.98. The van der Waals surface area contributed by atoms with Gasteiger partial charge < -0.3 is 15.0 Å². The standard InChI is InChI=1S/C14H18ClFN2O3/c1-10(19)18(9-14(20)17-6-3-7-21-2)11-4-5-13(16)12(15)8-11/h4-5,8H,3,6-7,9H2,1-2H3,(H,17,20). The molecule has 116 valence electrons. The van der Waals surface area contributed by atoms with Gasteiger partial charge in [0, 0.05) is 32.9 Å². The number of amides is 2. The number of hydrogen-bond acceptors (Lipinski definition) is 3. The fourth-order valence-electron chi connectivity index (χ4n) is 1.68. The highest BCUT2D eigenvalue weighted by Gasteiger charge is 2.16. The summed E-state index contributed by atoms with van der Waals surface area (Å²) < 4.78 is 18.0. The van der Waals surface area contributed by atoms with Crippen LogP contribution in [0.4, 0.5) is 10.1 Å². The van der Waals surface area contributed by atoms with Gasteiger partial charge >= 0.3 is 0 Å². The van der Waals surface area contributed by atoms with E-state index in [-0.39, 0.29) is 23.4 Å². The van der Waals surface area contributed by atoms with Crippen LogP contribution in [0.25, 0.3) is 0 Å². The highest BCUT2D eigenvalue weighted by molar-refractivity contribution is 6.31. The van der Waals surface area contributed by atoms with Gasteiger partial charge in [0.05, 0.1) is 5.02 Å². The molecule has 1 aromatic rings. The summed E-state index contributed by atoms with van der Waals surface area (Å²) in [4.78, 5) is 24.7. The Morgan fingerprint density at radius 3 is 2.71 bits per heavy atom. The molecule has 0 saturated heterocycles. The summed E-state index contributed by atoms with van der Waals surface area (Å²) in [7, 11) is 1.58. The Kier molecular flexibility index (Phi) is 7.11. The van der Waals surface area contributed by atoms with E-state index >= 15 is 0 Å². The van der Waals surface area contributed by atoms with Gasteiger partial charge in [-0.05, 0) is 24.6 Å². The highest BCUT2D eigenvalue weighted by Crippen LogP contribution is 2.22. The van der Waals surface area contributed by atoms with Crippen LogP contribution < -0.4 is 10.2 Å². The molecule has 1 N–H and O–H groups in total. The summed E-state index contributed by atoms with van der Waals surface area (Å²) in [6.07, 6.45) is 0.685. The van der Waals surface area contributed by atoms with E-state index in [1.807, 2.05) is 0 Å². The molecule has 0 aromatic heterocycles. The zero-order valence-corrected chi connectivity index (χ0v) is 12.7. The van der Waals surface area contributed by atoms with Gasteiger partial charge in [-0.25, -0.2) is 4.39 Å². The molecule has 1 rings (SSSR count). The number of nitrogens with one attached hydrogen (secondary N) is 1. The van der Waals surface area contributed by atoms with Crippen LogP contribution in [0.2, 0.25) is 5.02 Å². The number of methoxy groups -OCH3 is 1. The molecule has 0 aliphatic carbocycles. The Morgan fingerprint density at radius 1 is 1.43 bits per heavy atom. The Balaban J connectivity index is 2.67. The number of nitrogens with zero attached hydrogens (tertiary/aromatic N) is 1. The minimum absolute atomic E-state index is 0.0979. The van der Waals surface area contributed by atoms with Crippen molar-refractivity contribution in [3.63, 3.8) is 0 Å². The van der Waals surface area contributed by atoms with Gasteiger partial charge in [-0.3, -0.25) is 9.59 Å². The normalized spacial score (nSPS) is 10.3. The fourth-order valence-corrected chi connectivity index (χ4v) is 1.86. The third-order valence-corrected chi connectivity index (χ3v) is 3.03. The van der Waals surface area contributed by atoms with Crippen LogP contribution in [0, 0.1) is 5.82 Å². The molecule has 2 amide bonds. The van der Waals surface area contributed by atoms with Crippen LogP contribution in [0.15, 0.2) is 18.2 Å². The van der Waals surface area contributed by atoms with E-state index in [1.54, 1.807) is 7.11 Å². The van der Waals surface area contributed by atoms with E-state index in [4.69, 9.17) is 16.3 Å². The molecule has 0 aliphatic rings. The van der Waals surface area contributed by atoms with E-state index in [0.717, 1.165) is 6.07 Å². The fraction of sp³-hybridized carbons (Fsp3) is 0.429. The summed E-state index contributed by atoms with van der Waals surface area (Å²) in [5.41, 5.74) is 0.376. The van der Waals surface area contributed by atoms with Gasteiger partial charge in [-0.1, -0.05) is 11.6 Å². The molecule has 0 aliphatic heterocycles. The van der Waals surface area contributed by atoms with E-state index in [1.165, 1.54) is 24.0 Å². The maximum Gasteiger partial charge on any atom is 0.240 e. The third-order valence-electron chi connectivity index (χ3n) is 2.74. The van der Waals surface area contributed by atoms with Crippen molar-refractivity contribution in [2.45, 2.75) is 13.3 Å². The summed E-state index contributed by atoms with van der Waals surface area (Å²) in [5, 5.41) is 2.58. The largest absolute Gasteiger partial charge is 0.385 e. The van der Waals surface area contributed by atoms with Crippen molar-refractivity contribution in [1.29, 1.82) is 0 Å². The number of rotatable bonds is 7. The molecule has 1 aromatic carbocycles. The van der Waals surface area contributed by atoms with Crippen LogP contribution >= 0.6 is 11.6 Å². The average molecular weight is 317 g/mol. The van der Waals surface area contributed by atoms with Crippen LogP contribution in [0.5, 0.6) is 0 Å². The summed E-state index contributed by atoms with van der Waals surface area (Å²) >= 11 is 5.69. The smallest absolute Gasteiger partial charge is 0.240 e. The van der Waals surface area contributed by atoms with Crippen molar-refractivity contribution in [1.82, 2.24) is 5.32 Å². The lowest BCUT2D eigenvalue weighted by molar-refractivity contribution is -0.123. The van der Waals surface area contributed by atoms with Gasteiger partial charge in [-0.2, -0.15) is 0 Å². The molecule has 0 atom stereocenters. The second kappa shape index (κ2) is 8.59. The van der Waals surface area contributed by atoms with E-state index < -0.39 is 5.82 Å². The number of hydrogen-bond donors (Lipinski definition) is 1. The Morgan fingerprint density at radius 2 is 2.14 bits per heavy atom. The van der Waals surface area contributed by atoms with E-state index in [0.29, 0.717) is 25.3 Å². The lowest BCUT2D eigenvalue weighted by atomic mass is 10.2. The summed E-state index contributed by atoms with van der Waals surface area (Å²) in [6, 6.07) is 3.88. The number of ether oxygens (including phenoxy) is 1. The van der Waals surface area contributed by atoms with Crippen molar-refractivity contribution in [3.05, 3.63) is 29.0 Å². The first-order valence-corrected chi connectivity index (χ1v) is 6.82. The first-order valence-electron chi connectivity index (χ1n) is 6.44. The predicted molar refractivity (Wildman–Crippen MR) is 78.9 cm³/mol. The first-order chi connectivity index (χ1) is 9.95. The Labute approximate surface area is 128 Å². The van der Waals surface area contributed by atoms with Crippen molar-refractivity contribution in [2.24, 2.45) is 0 Å². The third kappa shape index (κ3) is 5.69. The van der Waals surface area contributed by atoms with Crippen molar-refractivity contribution in [2.75, 3.05) is 31.7 Å². The van der Waals surface area contributed by atoms with Gasteiger partial charge in [0.2, 0.25) is 11.8 Å². The molecule has 0 saturated carbocycles. The summed E-state index contributed by atoms with van der Waals surface area (Å²) in [6.45, 7) is 2.19. The topological polar surface area (TPSA) is 58.6 Å². The van der Waals surface area contributed by atoms with Crippen LogP contribution in [-0.2, 0) is 14.3 Å². The minimum atomic E-state index is -0.576. The molecule has 21 heavy (non-hydrogen) atoms. The number of anilines is 1. The first kappa shape index (κ1) is 17.4. The maximum absolute atomic E-state index is 13.1. The molecule has 0 bridgehead atoms. The van der Waals surface area contributed by atoms with Crippen LogP contribution in [-0.4, -0.2) is 38.6 Å². The highest BCUT2D eigenvalue weighted by atomic mass is 35.5. The molecular weight excluding hydrogens is 299 g/mol. The average Bonchev–Trinajstić information content (AvgIpc) is 2.44. The van der Waals surface area contributed by atoms with Crippen molar-refractivity contribution in [3.8, 4) is 0 Å². The second-order valence-corrected chi connectivity index (χ2v) is 4.81. The zero-order valence-electron chi connectivity index (χ0n) is 12.0. The SMILES string of the molecule is COCCCNC(=O)CN(C(C)=O)c1ccc(F)c(Cl)c1. The van der Waals surface area contributed by atoms with Gasteiger partial charge in [0.25, 0.3) is 0 Å². The molecule has 0 spiro atoms. The number of carbonyl (C=O) groups is 2. The molecule has 0 unspecified atom stereocenters. The quantitative estimate of drug-likeness (QED) is 0.783. The van der Waals surface area contributed by atoms with Crippen molar-refractivity contribution >= 4 is 29.1 Å². The Bertz CT molecular complexity index is 511. The molecule has 0 radical (unpaired) electrons. The second-order valence-electron chi connectivity index (χ2n) is 4.40. The monoisotopic (exact) mass is 316 g/mol. The molecule has 0 heterocycles. The number of carbonyl (C=O) groups excluding carboxylic acids is 2. The van der Waals surface area contributed by atoms with Gasteiger partial charge in [0.15, 0.2) is 0 Å². The molecular formula is C14H18ClFN2O3. The number of benzene rings is 1. The molecule has 7 heteroatoms. The minimum Gasteiger partial charge on any atom is -0.385 e. The van der Waals surface area contributed by atoms with Crippen LogP contribution in [0.1, 0.15) is 13.3 Å². The van der Waals surface area contributed by atoms with Crippen molar-refractivity contribution < 1.29 is 18.7 Å². The van der Waals surface area contributed by atoms with Crippen LogP contribution in [0.3, 0.4) is 0 Å². The van der Waals surface area contributed by atoms with E-state index in [9.17, 15) is 14.0 Å². The lowest BCUT2D eigenvalue weighted by Crippen LogP contribution is -2.40. The van der Waals surface area contributed by atoms with Gasteiger partial charge in [0.1, 0.15) is 12.4 Å². The number of halogens is 2. The maximum atomic E-state index is 13.1. The van der Waals surface area contributed by atoms with Gasteiger partial charge in [-0.15, -0.1) is 0 Å². The van der Waals surface area contributed by atoms with E-state index in [2.05, 4.69) is 5.32 Å². The molecule has 0 fully saturated rings. The zero-order chi connectivity index (χ0) is 15.8. The molecule has 5 nitrogen and oxygen atoms in total. The lowest BCUT2D eigenvalue weighted by Gasteiger charge is -2.21. The Hall–Kier alpha value is -1.66. The summed E-state index contributed by atoms with van der Waals surface area (Å²) in [5.74, 6) is -1.21.